The van der Waals surface area contributed by atoms with Crippen LogP contribution in [0.3, 0.4) is 0 Å². The van der Waals surface area contributed by atoms with Crippen LogP contribution >= 0.6 is 0 Å². The molecule has 2 heterocycles. The topological polar surface area (TPSA) is 149 Å². The molecule has 1 aliphatic rings. The van der Waals surface area contributed by atoms with Gasteiger partial charge in [0, 0.05) is 17.2 Å². The van der Waals surface area contributed by atoms with Crippen LogP contribution in [0.1, 0.15) is 22.7 Å². The number of hydrogen-bond acceptors (Lipinski definition) is 8. The summed E-state index contributed by atoms with van der Waals surface area (Å²) in [7, 11) is 0. The van der Waals surface area contributed by atoms with Crippen molar-refractivity contribution in [1.29, 1.82) is 10.5 Å². The van der Waals surface area contributed by atoms with Gasteiger partial charge in [0.2, 0.25) is 5.96 Å². The number of nitrogens with two attached hydrogens (primary N) is 2. The summed E-state index contributed by atoms with van der Waals surface area (Å²) in [6.45, 7) is 0. The standard InChI is InChI=1S/C21H14F2N8/c22-12-5-6-13(15(23)7-12)10-1-3-11(4-2-10)18-16-17(26)14(8-24)19(27)30-20(16)31-21(29-18)28-9-25/h1-7,18H,(H6,26,27,28,29,30,31). The molecule has 10 heteroatoms. The normalized spacial score (nSPS) is 14.5. The Kier molecular flexibility index (Phi) is 4.82. The van der Waals surface area contributed by atoms with Crippen LogP contribution in [0.2, 0.25) is 0 Å². The number of anilines is 3. The number of aliphatic imine (C=N–C) groups is 1. The quantitative estimate of drug-likeness (QED) is 0.370. The van der Waals surface area contributed by atoms with Crippen molar-refractivity contribution in [2.75, 3.05) is 16.8 Å². The Morgan fingerprint density at radius 3 is 2.45 bits per heavy atom. The molecular formula is C21H14F2N8. The Hall–Kier alpha value is -4.70. The van der Waals surface area contributed by atoms with E-state index in [1.807, 2.05) is 6.07 Å². The van der Waals surface area contributed by atoms with Crippen molar-refractivity contribution in [2.45, 2.75) is 6.04 Å². The number of nitrogens with zero attached hydrogens (tertiary/aromatic N) is 4. The molecule has 0 saturated carbocycles. The van der Waals surface area contributed by atoms with Crippen LogP contribution < -0.4 is 22.1 Å². The highest BCUT2D eigenvalue weighted by molar-refractivity contribution is 5.98. The summed E-state index contributed by atoms with van der Waals surface area (Å²) in [6.07, 6.45) is 1.78. The van der Waals surface area contributed by atoms with Crippen LogP contribution in [-0.4, -0.2) is 10.9 Å². The van der Waals surface area contributed by atoms with E-state index in [0.29, 0.717) is 16.7 Å². The summed E-state index contributed by atoms with van der Waals surface area (Å²) >= 11 is 0. The van der Waals surface area contributed by atoms with Gasteiger partial charge in [0.15, 0.2) is 6.19 Å². The minimum absolute atomic E-state index is 0.0300. The number of halogens is 2. The summed E-state index contributed by atoms with van der Waals surface area (Å²) < 4.78 is 27.3. The molecule has 0 amide bonds. The molecule has 0 fully saturated rings. The highest BCUT2D eigenvalue weighted by Gasteiger charge is 2.29. The SMILES string of the molecule is N#CNC1=NC(c2ccc(-c3ccc(F)cc3F)cc2)c2c(nc(N)c(C#N)c2N)N1. The molecule has 2 aromatic carbocycles. The first-order valence-corrected chi connectivity index (χ1v) is 8.97. The van der Waals surface area contributed by atoms with Crippen LogP contribution in [0.4, 0.5) is 26.1 Å². The van der Waals surface area contributed by atoms with E-state index in [1.165, 1.54) is 12.1 Å². The van der Waals surface area contributed by atoms with Gasteiger partial charge in [-0.1, -0.05) is 24.3 Å². The average Bonchev–Trinajstić information content (AvgIpc) is 2.74. The molecule has 0 radical (unpaired) electrons. The Labute approximate surface area is 175 Å². The molecule has 3 aromatic rings. The predicted molar refractivity (Wildman–Crippen MR) is 111 cm³/mol. The van der Waals surface area contributed by atoms with Gasteiger partial charge in [0.1, 0.15) is 40.9 Å². The van der Waals surface area contributed by atoms with Gasteiger partial charge in [-0.05, 0) is 23.3 Å². The largest absolute Gasteiger partial charge is 0.397 e. The molecule has 6 N–H and O–H groups in total. The summed E-state index contributed by atoms with van der Waals surface area (Å²) in [4.78, 5) is 8.65. The Bertz CT molecular complexity index is 1300. The number of nitrogen functional groups attached to an aromatic ring is 2. The number of hydrogen-bond donors (Lipinski definition) is 4. The number of aromatic nitrogens is 1. The van der Waals surface area contributed by atoms with Gasteiger partial charge in [0.25, 0.3) is 0 Å². The number of fused-ring (bicyclic) bond motifs is 1. The molecule has 152 valence electrons. The fourth-order valence-corrected chi connectivity index (χ4v) is 3.39. The maximum atomic E-state index is 14.1. The van der Waals surface area contributed by atoms with Crippen molar-refractivity contribution in [3.63, 3.8) is 0 Å². The Morgan fingerprint density at radius 1 is 1.06 bits per heavy atom. The van der Waals surface area contributed by atoms with Crippen LogP contribution in [-0.2, 0) is 0 Å². The van der Waals surface area contributed by atoms with Crippen molar-refractivity contribution in [1.82, 2.24) is 10.3 Å². The maximum Gasteiger partial charge on any atom is 0.211 e. The van der Waals surface area contributed by atoms with Crippen molar-refractivity contribution in [3.8, 4) is 23.4 Å². The molecule has 4 rings (SSSR count). The molecule has 0 bridgehead atoms. The minimum Gasteiger partial charge on any atom is -0.397 e. The lowest BCUT2D eigenvalue weighted by molar-refractivity contribution is 0.585. The second-order valence-corrected chi connectivity index (χ2v) is 6.65. The third kappa shape index (κ3) is 3.43. The molecule has 0 spiro atoms. The van der Waals surface area contributed by atoms with Gasteiger partial charge in [0.05, 0.1) is 5.69 Å². The molecule has 0 saturated heterocycles. The summed E-state index contributed by atoms with van der Waals surface area (Å²) in [5.74, 6) is -0.997. The van der Waals surface area contributed by atoms with E-state index < -0.39 is 17.7 Å². The Balaban J connectivity index is 1.82. The van der Waals surface area contributed by atoms with Crippen molar-refractivity contribution in [2.24, 2.45) is 4.99 Å². The van der Waals surface area contributed by atoms with E-state index in [0.717, 1.165) is 6.07 Å². The molecule has 31 heavy (non-hydrogen) atoms. The zero-order chi connectivity index (χ0) is 22.1. The fraction of sp³-hybridized carbons (Fsp3) is 0.0476. The summed E-state index contributed by atoms with van der Waals surface area (Å²) in [6, 6.07) is 11.3. The lowest BCUT2D eigenvalue weighted by Crippen LogP contribution is -2.32. The van der Waals surface area contributed by atoms with Crippen LogP contribution in [0.5, 0.6) is 0 Å². The van der Waals surface area contributed by atoms with E-state index in [2.05, 4.69) is 20.6 Å². The van der Waals surface area contributed by atoms with Gasteiger partial charge >= 0.3 is 0 Å². The minimum atomic E-state index is -0.709. The number of benzene rings is 2. The predicted octanol–water partition coefficient (Wildman–Crippen LogP) is 3.00. The molecule has 8 nitrogen and oxygen atoms in total. The van der Waals surface area contributed by atoms with E-state index in [1.54, 1.807) is 30.5 Å². The van der Waals surface area contributed by atoms with Gasteiger partial charge in [-0.2, -0.15) is 10.5 Å². The molecule has 1 aromatic heterocycles. The van der Waals surface area contributed by atoms with Crippen LogP contribution in [0, 0.1) is 34.4 Å². The van der Waals surface area contributed by atoms with E-state index >= 15 is 0 Å². The average molecular weight is 416 g/mol. The first kappa shape index (κ1) is 19.6. The van der Waals surface area contributed by atoms with Crippen LogP contribution in [0.25, 0.3) is 11.1 Å². The second-order valence-electron chi connectivity index (χ2n) is 6.65. The first-order valence-electron chi connectivity index (χ1n) is 8.97. The highest BCUT2D eigenvalue weighted by atomic mass is 19.1. The molecule has 1 unspecified atom stereocenters. The molecule has 1 aliphatic heterocycles. The monoisotopic (exact) mass is 416 g/mol. The zero-order valence-corrected chi connectivity index (χ0v) is 15.8. The van der Waals surface area contributed by atoms with Gasteiger partial charge in [-0.3, -0.25) is 5.32 Å². The number of guanidine groups is 1. The first-order chi connectivity index (χ1) is 14.9. The van der Waals surface area contributed by atoms with Gasteiger partial charge < -0.3 is 16.8 Å². The summed E-state index contributed by atoms with van der Waals surface area (Å²) in [5, 5.41) is 23.6. The lowest BCUT2D eigenvalue weighted by Gasteiger charge is -2.26. The number of rotatable bonds is 2. The van der Waals surface area contributed by atoms with Crippen molar-refractivity contribution >= 4 is 23.3 Å². The van der Waals surface area contributed by atoms with Crippen molar-refractivity contribution in [3.05, 3.63) is 70.8 Å². The molecule has 0 aliphatic carbocycles. The lowest BCUT2D eigenvalue weighted by atomic mass is 9.93. The van der Waals surface area contributed by atoms with E-state index in [4.69, 9.17) is 16.7 Å². The third-order valence-corrected chi connectivity index (χ3v) is 4.83. The fourth-order valence-electron chi connectivity index (χ4n) is 3.39. The van der Waals surface area contributed by atoms with Crippen molar-refractivity contribution < 1.29 is 8.78 Å². The zero-order valence-electron chi connectivity index (χ0n) is 15.8. The Morgan fingerprint density at radius 2 is 1.81 bits per heavy atom. The highest BCUT2D eigenvalue weighted by Crippen LogP contribution is 2.40. The van der Waals surface area contributed by atoms with E-state index in [9.17, 15) is 14.0 Å². The number of nitrogens with one attached hydrogen (secondary N) is 2. The number of pyridine rings is 1. The maximum absolute atomic E-state index is 14.1. The van der Waals surface area contributed by atoms with Crippen LogP contribution in [0.15, 0.2) is 47.5 Å². The molecular weight excluding hydrogens is 402 g/mol. The van der Waals surface area contributed by atoms with E-state index in [-0.39, 0.29) is 34.4 Å². The summed E-state index contributed by atoms with van der Waals surface area (Å²) in [5.41, 5.74) is 14.0. The second kappa shape index (κ2) is 7.61. The third-order valence-electron chi connectivity index (χ3n) is 4.83. The molecule has 1 atom stereocenters. The van der Waals surface area contributed by atoms with Gasteiger partial charge in [-0.25, -0.2) is 18.8 Å². The number of nitriles is 2. The van der Waals surface area contributed by atoms with Gasteiger partial charge in [-0.15, -0.1) is 0 Å². The smallest absolute Gasteiger partial charge is 0.211 e.